The molecule has 96 valence electrons. The lowest BCUT2D eigenvalue weighted by atomic mass is 10.4. The fourth-order valence-corrected chi connectivity index (χ4v) is 1.69. The molecule has 0 aliphatic heterocycles. The summed E-state index contributed by atoms with van der Waals surface area (Å²) >= 11 is 3.22. The van der Waals surface area contributed by atoms with Crippen molar-refractivity contribution >= 4 is 15.9 Å². The predicted molar refractivity (Wildman–Crippen MR) is 68.0 cm³/mol. The average molecular weight is 305 g/mol. The van der Waals surface area contributed by atoms with Crippen molar-refractivity contribution in [3.8, 4) is 0 Å². The smallest absolute Gasteiger partial charge is 0.268 e. The van der Waals surface area contributed by atoms with Crippen LogP contribution in [0.5, 0.6) is 0 Å². The van der Waals surface area contributed by atoms with Gasteiger partial charge in [-0.3, -0.25) is 9.36 Å². The lowest BCUT2D eigenvalue weighted by Crippen LogP contribution is -2.31. The van der Waals surface area contributed by atoms with Crippen molar-refractivity contribution in [2.75, 3.05) is 13.2 Å². The standard InChI is InChI=1S/C11H17BrN2O3/c1-4-16-9(17-5-2)6-14-7-13-8(3)10(12)11(14)15/h7,9H,4-6H2,1-3H3. The van der Waals surface area contributed by atoms with E-state index in [2.05, 4.69) is 20.9 Å². The fraction of sp³-hybridized carbons (Fsp3) is 0.636. The van der Waals surface area contributed by atoms with Gasteiger partial charge in [0.05, 0.1) is 18.6 Å². The Labute approximate surface area is 109 Å². The van der Waals surface area contributed by atoms with Crippen molar-refractivity contribution in [3.05, 3.63) is 26.8 Å². The van der Waals surface area contributed by atoms with E-state index in [1.807, 2.05) is 13.8 Å². The highest BCUT2D eigenvalue weighted by atomic mass is 79.9. The molecule has 1 rings (SSSR count). The van der Waals surface area contributed by atoms with Crippen molar-refractivity contribution in [1.29, 1.82) is 0 Å². The minimum absolute atomic E-state index is 0.123. The predicted octanol–water partition coefficient (Wildman–Crippen LogP) is 1.71. The number of rotatable bonds is 6. The average Bonchev–Trinajstić information content (AvgIpc) is 2.30. The van der Waals surface area contributed by atoms with Crippen LogP contribution in [0.4, 0.5) is 0 Å². The molecule has 0 atom stereocenters. The van der Waals surface area contributed by atoms with Gasteiger partial charge in [0.1, 0.15) is 4.47 Å². The minimum atomic E-state index is -0.417. The van der Waals surface area contributed by atoms with Gasteiger partial charge in [-0.1, -0.05) is 0 Å². The molecule has 0 unspecified atom stereocenters. The maximum atomic E-state index is 11.9. The Kier molecular flexibility index (Phi) is 5.80. The van der Waals surface area contributed by atoms with Gasteiger partial charge in [0.2, 0.25) is 0 Å². The Hall–Kier alpha value is -0.720. The highest BCUT2D eigenvalue weighted by Gasteiger charge is 2.12. The number of hydrogen-bond donors (Lipinski definition) is 0. The SMILES string of the molecule is CCOC(Cn1cnc(C)c(Br)c1=O)OCC. The summed E-state index contributed by atoms with van der Waals surface area (Å²) in [7, 11) is 0. The molecule has 0 N–H and O–H groups in total. The minimum Gasteiger partial charge on any atom is -0.351 e. The first-order valence-corrected chi connectivity index (χ1v) is 6.34. The van der Waals surface area contributed by atoms with Crippen LogP contribution in [-0.2, 0) is 16.0 Å². The molecule has 0 aliphatic carbocycles. The Bertz CT molecular complexity index is 414. The second-order valence-corrected chi connectivity index (χ2v) is 4.23. The van der Waals surface area contributed by atoms with Gasteiger partial charge < -0.3 is 9.47 Å². The van der Waals surface area contributed by atoms with Gasteiger partial charge in [-0.25, -0.2) is 4.98 Å². The van der Waals surface area contributed by atoms with Gasteiger partial charge in [0.15, 0.2) is 6.29 Å². The number of ether oxygens (including phenoxy) is 2. The molecular formula is C11H17BrN2O3. The van der Waals surface area contributed by atoms with Gasteiger partial charge in [0.25, 0.3) is 5.56 Å². The second-order valence-electron chi connectivity index (χ2n) is 3.44. The largest absolute Gasteiger partial charge is 0.351 e. The molecule has 0 bridgehead atoms. The molecule has 0 saturated heterocycles. The monoisotopic (exact) mass is 304 g/mol. The zero-order valence-corrected chi connectivity index (χ0v) is 11.9. The van der Waals surface area contributed by atoms with Crippen LogP contribution >= 0.6 is 15.9 Å². The van der Waals surface area contributed by atoms with E-state index in [4.69, 9.17) is 9.47 Å². The zero-order valence-electron chi connectivity index (χ0n) is 10.3. The Morgan fingerprint density at radius 2 is 2.00 bits per heavy atom. The topological polar surface area (TPSA) is 53.4 Å². The van der Waals surface area contributed by atoms with Crippen LogP contribution in [0.1, 0.15) is 19.5 Å². The summed E-state index contributed by atoms with van der Waals surface area (Å²) in [4.78, 5) is 16.0. The number of hydrogen-bond acceptors (Lipinski definition) is 4. The summed E-state index contributed by atoms with van der Waals surface area (Å²) in [6, 6.07) is 0. The summed E-state index contributed by atoms with van der Waals surface area (Å²) in [5.74, 6) is 0. The molecule has 17 heavy (non-hydrogen) atoms. The van der Waals surface area contributed by atoms with E-state index in [9.17, 15) is 4.79 Å². The second kappa shape index (κ2) is 6.88. The Morgan fingerprint density at radius 3 is 2.53 bits per heavy atom. The fourth-order valence-electron chi connectivity index (χ4n) is 1.36. The molecule has 6 heteroatoms. The van der Waals surface area contributed by atoms with Crippen molar-refractivity contribution < 1.29 is 9.47 Å². The molecule has 0 amide bonds. The molecule has 1 aromatic rings. The van der Waals surface area contributed by atoms with Crippen LogP contribution < -0.4 is 5.56 Å². The highest BCUT2D eigenvalue weighted by Crippen LogP contribution is 2.07. The number of aromatic nitrogens is 2. The molecule has 1 aromatic heterocycles. The third kappa shape index (κ3) is 3.90. The molecule has 0 spiro atoms. The van der Waals surface area contributed by atoms with E-state index in [0.29, 0.717) is 29.9 Å². The molecule has 0 aromatic carbocycles. The lowest BCUT2D eigenvalue weighted by Gasteiger charge is -2.18. The van der Waals surface area contributed by atoms with Crippen molar-refractivity contribution in [3.63, 3.8) is 0 Å². The van der Waals surface area contributed by atoms with Crippen LogP contribution in [-0.4, -0.2) is 29.1 Å². The van der Waals surface area contributed by atoms with Crippen molar-refractivity contribution in [2.45, 2.75) is 33.6 Å². The van der Waals surface area contributed by atoms with E-state index in [1.54, 1.807) is 6.92 Å². The summed E-state index contributed by atoms with van der Waals surface area (Å²) < 4.78 is 12.7. The van der Waals surface area contributed by atoms with Crippen molar-refractivity contribution in [2.24, 2.45) is 0 Å². The number of aryl methyl sites for hydroxylation is 1. The molecule has 1 heterocycles. The molecular weight excluding hydrogens is 288 g/mol. The zero-order chi connectivity index (χ0) is 12.8. The lowest BCUT2D eigenvalue weighted by molar-refractivity contribution is -0.144. The van der Waals surface area contributed by atoms with E-state index >= 15 is 0 Å². The highest BCUT2D eigenvalue weighted by molar-refractivity contribution is 9.10. The normalized spacial score (nSPS) is 11.1. The summed E-state index contributed by atoms with van der Waals surface area (Å²) in [5.41, 5.74) is 0.553. The van der Waals surface area contributed by atoms with Crippen LogP contribution in [0.3, 0.4) is 0 Å². The van der Waals surface area contributed by atoms with Crippen LogP contribution in [0.2, 0.25) is 0 Å². The molecule has 5 nitrogen and oxygen atoms in total. The third-order valence-corrected chi connectivity index (χ3v) is 3.12. The summed E-state index contributed by atoms with van der Waals surface area (Å²) in [6.07, 6.45) is 1.09. The number of nitrogens with zero attached hydrogens (tertiary/aromatic N) is 2. The maximum absolute atomic E-state index is 11.9. The van der Waals surface area contributed by atoms with Crippen LogP contribution in [0, 0.1) is 6.92 Å². The van der Waals surface area contributed by atoms with E-state index in [1.165, 1.54) is 10.9 Å². The van der Waals surface area contributed by atoms with Crippen LogP contribution in [0.25, 0.3) is 0 Å². The quantitative estimate of drug-likeness (QED) is 0.751. The number of halogens is 1. The van der Waals surface area contributed by atoms with E-state index < -0.39 is 6.29 Å². The van der Waals surface area contributed by atoms with Gasteiger partial charge in [0, 0.05) is 13.2 Å². The summed E-state index contributed by atoms with van der Waals surface area (Å²) in [5, 5.41) is 0. The third-order valence-electron chi connectivity index (χ3n) is 2.21. The molecule has 0 aliphatic rings. The van der Waals surface area contributed by atoms with Gasteiger partial charge in [-0.05, 0) is 36.7 Å². The van der Waals surface area contributed by atoms with E-state index in [-0.39, 0.29) is 5.56 Å². The van der Waals surface area contributed by atoms with Crippen molar-refractivity contribution in [1.82, 2.24) is 9.55 Å². The molecule has 0 saturated carbocycles. The molecule has 0 radical (unpaired) electrons. The summed E-state index contributed by atoms with van der Waals surface area (Å²) in [6.45, 7) is 6.97. The molecule has 0 fully saturated rings. The van der Waals surface area contributed by atoms with Gasteiger partial charge in [-0.15, -0.1) is 0 Å². The first-order chi connectivity index (χ1) is 8.10. The Balaban J connectivity index is 2.86. The van der Waals surface area contributed by atoms with Gasteiger partial charge >= 0.3 is 0 Å². The Morgan fingerprint density at radius 1 is 1.41 bits per heavy atom. The van der Waals surface area contributed by atoms with E-state index in [0.717, 1.165) is 0 Å². The maximum Gasteiger partial charge on any atom is 0.268 e. The van der Waals surface area contributed by atoms with Crippen LogP contribution in [0.15, 0.2) is 15.6 Å². The first-order valence-electron chi connectivity index (χ1n) is 5.54. The van der Waals surface area contributed by atoms with Gasteiger partial charge in [-0.2, -0.15) is 0 Å². The first kappa shape index (κ1) is 14.3.